The minimum absolute atomic E-state index is 0.0560. The average Bonchev–Trinajstić information content (AvgIpc) is 3.00. The maximum absolute atomic E-state index is 12.1. The van der Waals surface area contributed by atoms with E-state index >= 15 is 0 Å². The van der Waals surface area contributed by atoms with Crippen molar-refractivity contribution in [3.8, 4) is 0 Å². The van der Waals surface area contributed by atoms with Crippen LogP contribution in [0.2, 0.25) is 0 Å². The van der Waals surface area contributed by atoms with Crippen LogP contribution in [-0.4, -0.2) is 25.5 Å². The summed E-state index contributed by atoms with van der Waals surface area (Å²) >= 11 is 0. The first-order valence-corrected chi connectivity index (χ1v) is 7.57. The Morgan fingerprint density at radius 2 is 1.95 bits per heavy atom. The van der Waals surface area contributed by atoms with Gasteiger partial charge in [0, 0.05) is 12.8 Å². The molecule has 0 bridgehead atoms. The van der Waals surface area contributed by atoms with E-state index in [2.05, 4.69) is 25.1 Å². The zero-order chi connectivity index (χ0) is 16.3. The number of carbonyl (C=O) groups excluding carboxylic acids is 2. The molecule has 22 heavy (non-hydrogen) atoms. The number of allylic oxidation sites excluding steroid dienone is 2. The summed E-state index contributed by atoms with van der Waals surface area (Å²) in [6.45, 7) is 5.46. The first-order chi connectivity index (χ1) is 10.5. The molecule has 0 N–H and O–H groups in total. The molecule has 1 unspecified atom stereocenters. The number of nitrogens with zero attached hydrogens (tertiary/aromatic N) is 1. The molecule has 0 radical (unpaired) electrons. The lowest BCUT2D eigenvalue weighted by Crippen LogP contribution is -2.36. The van der Waals surface area contributed by atoms with Crippen molar-refractivity contribution in [1.82, 2.24) is 0 Å². The number of methoxy groups -OCH3 is 1. The second-order valence-corrected chi connectivity index (χ2v) is 5.75. The number of carbonyl (C=O) groups is 2. The smallest absolute Gasteiger partial charge is 0.325 e. The van der Waals surface area contributed by atoms with Gasteiger partial charge in [0.05, 0.1) is 12.8 Å². The number of ether oxygens (including phenoxy) is 1. The van der Waals surface area contributed by atoms with Gasteiger partial charge in [0.15, 0.2) is 0 Å². The Hall–Kier alpha value is -2.10. The second kappa shape index (κ2) is 6.77. The summed E-state index contributed by atoms with van der Waals surface area (Å²) < 4.78 is 4.74. The molecule has 1 atom stereocenters. The Labute approximate surface area is 131 Å². The molecular formula is C18H23NO3. The summed E-state index contributed by atoms with van der Waals surface area (Å²) in [6.07, 6.45) is 6.46. The standard InChI is InChI=1S/C18H23NO3/c1-12-9-10-13(2)18(17(12)15-7-5-6-8-15)19(14(3)20)11-16(21)22-4/h5,7,9-10,15H,6,8,11H2,1-4H3. The van der Waals surface area contributed by atoms with Crippen LogP contribution >= 0.6 is 0 Å². The number of benzene rings is 1. The molecular weight excluding hydrogens is 278 g/mol. The SMILES string of the molecule is COC(=O)CN(C(C)=O)c1c(C)ccc(C)c1C1C=CCC1. The highest BCUT2D eigenvalue weighted by molar-refractivity contribution is 5.98. The molecule has 1 aromatic rings. The third-order valence-electron chi connectivity index (χ3n) is 4.19. The summed E-state index contributed by atoms with van der Waals surface area (Å²) in [4.78, 5) is 25.4. The van der Waals surface area contributed by atoms with Crippen molar-refractivity contribution in [2.75, 3.05) is 18.6 Å². The van der Waals surface area contributed by atoms with Crippen LogP contribution in [0.15, 0.2) is 24.3 Å². The zero-order valence-electron chi connectivity index (χ0n) is 13.7. The Balaban J connectivity index is 2.55. The van der Waals surface area contributed by atoms with E-state index in [0.29, 0.717) is 5.92 Å². The topological polar surface area (TPSA) is 46.6 Å². The van der Waals surface area contributed by atoms with Crippen LogP contribution in [0.3, 0.4) is 0 Å². The Morgan fingerprint density at radius 1 is 1.27 bits per heavy atom. The molecule has 2 rings (SSSR count). The third kappa shape index (κ3) is 3.21. The minimum Gasteiger partial charge on any atom is -0.468 e. The van der Waals surface area contributed by atoms with Gasteiger partial charge in [0.25, 0.3) is 0 Å². The van der Waals surface area contributed by atoms with Gasteiger partial charge in [0.2, 0.25) is 5.91 Å². The van der Waals surface area contributed by atoms with Gasteiger partial charge in [-0.05, 0) is 43.4 Å². The van der Waals surface area contributed by atoms with Crippen molar-refractivity contribution in [2.45, 2.75) is 39.5 Å². The van der Waals surface area contributed by atoms with Gasteiger partial charge in [0.1, 0.15) is 6.54 Å². The van der Waals surface area contributed by atoms with E-state index in [4.69, 9.17) is 4.74 Å². The fraction of sp³-hybridized carbons (Fsp3) is 0.444. The van der Waals surface area contributed by atoms with Crippen LogP contribution in [-0.2, 0) is 14.3 Å². The first kappa shape index (κ1) is 16.3. The lowest BCUT2D eigenvalue weighted by Gasteiger charge is -2.28. The summed E-state index contributed by atoms with van der Waals surface area (Å²) in [7, 11) is 1.34. The third-order valence-corrected chi connectivity index (χ3v) is 4.19. The number of esters is 1. The first-order valence-electron chi connectivity index (χ1n) is 7.57. The maximum Gasteiger partial charge on any atom is 0.325 e. The molecule has 118 valence electrons. The van der Waals surface area contributed by atoms with Gasteiger partial charge in [-0.1, -0.05) is 24.3 Å². The molecule has 4 nitrogen and oxygen atoms in total. The largest absolute Gasteiger partial charge is 0.468 e. The number of aryl methyl sites for hydroxylation is 2. The molecule has 1 amide bonds. The van der Waals surface area contributed by atoms with E-state index < -0.39 is 5.97 Å². The van der Waals surface area contributed by atoms with E-state index in [1.54, 1.807) is 0 Å². The lowest BCUT2D eigenvalue weighted by atomic mass is 9.90. The van der Waals surface area contributed by atoms with Gasteiger partial charge in [-0.15, -0.1) is 0 Å². The summed E-state index contributed by atoms with van der Waals surface area (Å²) in [5, 5.41) is 0. The van der Waals surface area contributed by atoms with Crippen LogP contribution in [0.4, 0.5) is 5.69 Å². The highest BCUT2D eigenvalue weighted by atomic mass is 16.5. The van der Waals surface area contributed by atoms with Gasteiger partial charge in [-0.3, -0.25) is 9.59 Å². The van der Waals surface area contributed by atoms with E-state index in [1.165, 1.54) is 18.9 Å². The Kier molecular flexibility index (Phi) is 5.01. The molecule has 0 fully saturated rings. The van der Waals surface area contributed by atoms with Crippen LogP contribution in [0.25, 0.3) is 0 Å². The molecule has 1 aliphatic carbocycles. The van der Waals surface area contributed by atoms with Gasteiger partial charge >= 0.3 is 5.97 Å². The summed E-state index contributed by atoms with van der Waals surface area (Å²) in [5.74, 6) is -0.263. The molecule has 0 saturated carbocycles. The molecule has 0 spiro atoms. The van der Waals surface area contributed by atoms with Crippen molar-refractivity contribution in [3.63, 3.8) is 0 Å². The Bertz CT molecular complexity index is 619. The fourth-order valence-corrected chi connectivity index (χ4v) is 3.06. The van der Waals surface area contributed by atoms with Crippen LogP contribution < -0.4 is 4.90 Å². The number of hydrogen-bond acceptors (Lipinski definition) is 3. The molecule has 0 saturated heterocycles. The molecule has 0 aliphatic heterocycles. The number of hydrogen-bond donors (Lipinski definition) is 0. The minimum atomic E-state index is -0.413. The van der Waals surface area contributed by atoms with E-state index in [0.717, 1.165) is 35.2 Å². The van der Waals surface area contributed by atoms with Crippen LogP contribution in [0, 0.1) is 13.8 Å². The average molecular weight is 301 g/mol. The van der Waals surface area contributed by atoms with Crippen LogP contribution in [0.1, 0.15) is 42.4 Å². The van der Waals surface area contributed by atoms with Crippen molar-refractivity contribution in [2.24, 2.45) is 0 Å². The number of rotatable bonds is 4. The highest BCUT2D eigenvalue weighted by Crippen LogP contribution is 2.39. The molecule has 0 aromatic heterocycles. The van der Waals surface area contributed by atoms with E-state index in [-0.39, 0.29) is 12.5 Å². The molecule has 4 heteroatoms. The van der Waals surface area contributed by atoms with E-state index in [9.17, 15) is 9.59 Å². The zero-order valence-corrected chi connectivity index (χ0v) is 13.7. The molecule has 1 aliphatic rings. The van der Waals surface area contributed by atoms with Crippen LogP contribution in [0.5, 0.6) is 0 Å². The van der Waals surface area contributed by atoms with Crippen molar-refractivity contribution in [1.29, 1.82) is 0 Å². The van der Waals surface area contributed by atoms with Gasteiger partial charge in [-0.2, -0.15) is 0 Å². The summed E-state index contributed by atoms with van der Waals surface area (Å²) in [5.41, 5.74) is 4.15. The second-order valence-electron chi connectivity index (χ2n) is 5.75. The normalized spacial score (nSPS) is 16.6. The summed E-state index contributed by atoms with van der Waals surface area (Å²) in [6, 6.07) is 4.08. The predicted molar refractivity (Wildman–Crippen MR) is 87.1 cm³/mol. The molecule has 1 aromatic carbocycles. The van der Waals surface area contributed by atoms with E-state index in [1.807, 2.05) is 13.0 Å². The lowest BCUT2D eigenvalue weighted by molar-refractivity contribution is -0.139. The van der Waals surface area contributed by atoms with Gasteiger partial charge < -0.3 is 9.64 Å². The molecule has 0 heterocycles. The number of amides is 1. The fourth-order valence-electron chi connectivity index (χ4n) is 3.06. The van der Waals surface area contributed by atoms with Crippen molar-refractivity contribution < 1.29 is 14.3 Å². The highest BCUT2D eigenvalue weighted by Gasteiger charge is 2.26. The Morgan fingerprint density at radius 3 is 2.50 bits per heavy atom. The monoisotopic (exact) mass is 301 g/mol. The number of anilines is 1. The maximum atomic E-state index is 12.1. The van der Waals surface area contributed by atoms with Crippen molar-refractivity contribution >= 4 is 17.6 Å². The quantitative estimate of drug-likeness (QED) is 0.633. The van der Waals surface area contributed by atoms with Gasteiger partial charge in [-0.25, -0.2) is 0 Å². The predicted octanol–water partition coefficient (Wildman–Crippen LogP) is 3.26. The van der Waals surface area contributed by atoms with Crippen molar-refractivity contribution in [3.05, 3.63) is 41.0 Å².